The third-order valence-corrected chi connectivity index (χ3v) is 8.65. The maximum atomic E-state index is 12.9. The summed E-state index contributed by atoms with van der Waals surface area (Å²) in [7, 11) is -3.47. The Morgan fingerprint density at radius 2 is 1.79 bits per heavy atom. The molecule has 0 aliphatic carbocycles. The summed E-state index contributed by atoms with van der Waals surface area (Å²) < 4.78 is 31.9. The van der Waals surface area contributed by atoms with Gasteiger partial charge in [0.2, 0.25) is 5.75 Å². The largest absolute Gasteiger partial charge is 0.487 e. The topological polar surface area (TPSA) is 125 Å². The molecule has 10 nitrogen and oxygen atoms in total. The molecule has 0 saturated carbocycles. The number of benzene rings is 2. The van der Waals surface area contributed by atoms with Crippen LogP contribution in [0, 0.1) is 6.92 Å². The van der Waals surface area contributed by atoms with Crippen molar-refractivity contribution in [3.63, 3.8) is 0 Å². The molecule has 0 spiro atoms. The van der Waals surface area contributed by atoms with E-state index >= 15 is 0 Å². The SMILES string of the molecule is CCOc1c(Nc2cc(C)[nH]n2)nc(Sc2ccc(S(=O)(=O)Cc3ccccc3)cc2)nc1N1CCNCC1. The van der Waals surface area contributed by atoms with Gasteiger partial charge in [-0.05, 0) is 55.4 Å². The molecule has 1 aliphatic heterocycles. The van der Waals surface area contributed by atoms with E-state index in [0.717, 1.165) is 42.3 Å². The van der Waals surface area contributed by atoms with Crippen LogP contribution in [-0.2, 0) is 15.6 Å². The van der Waals surface area contributed by atoms with E-state index in [2.05, 4.69) is 25.7 Å². The van der Waals surface area contributed by atoms with Crippen LogP contribution in [0.2, 0.25) is 0 Å². The molecule has 3 heterocycles. The van der Waals surface area contributed by atoms with Gasteiger partial charge in [-0.1, -0.05) is 30.3 Å². The molecule has 0 atom stereocenters. The van der Waals surface area contributed by atoms with Gasteiger partial charge in [0.1, 0.15) is 0 Å². The number of piperazine rings is 1. The summed E-state index contributed by atoms with van der Waals surface area (Å²) in [6, 6.07) is 17.9. The molecule has 204 valence electrons. The van der Waals surface area contributed by atoms with Crippen LogP contribution in [0.3, 0.4) is 0 Å². The Morgan fingerprint density at radius 3 is 2.46 bits per heavy atom. The van der Waals surface area contributed by atoms with E-state index < -0.39 is 9.84 Å². The van der Waals surface area contributed by atoms with Gasteiger partial charge in [0.05, 0.1) is 17.3 Å². The Hall–Kier alpha value is -3.61. The van der Waals surface area contributed by atoms with Gasteiger partial charge in [-0.2, -0.15) is 5.10 Å². The summed E-state index contributed by atoms with van der Waals surface area (Å²) in [4.78, 5) is 12.9. The molecule has 0 amide bonds. The zero-order valence-electron chi connectivity index (χ0n) is 21.8. The third kappa shape index (κ3) is 6.70. The van der Waals surface area contributed by atoms with Crippen LogP contribution in [0.5, 0.6) is 5.75 Å². The second-order valence-corrected chi connectivity index (χ2v) is 12.1. The van der Waals surface area contributed by atoms with E-state index in [1.165, 1.54) is 11.8 Å². The third-order valence-electron chi connectivity index (χ3n) is 6.08. The predicted octanol–water partition coefficient (Wildman–Crippen LogP) is 4.19. The zero-order valence-corrected chi connectivity index (χ0v) is 23.5. The molecular weight excluding hydrogens is 534 g/mol. The van der Waals surface area contributed by atoms with Crippen LogP contribution in [0.15, 0.2) is 75.6 Å². The highest BCUT2D eigenvalue weighted by Crippen LogP contribution is 2.38. The van der Waals surface area contributed by atoms with Crippen LogP contribution >= 0.6 is 11.8 Å². The number of sulfone groups is 1. The fraction of sp³-hybridized carbons (Fsp3) is 0.296. The van der Waals surface area contributed by atoms with Crippen molar-refractivity contribution in [1.82, 2.24) is 25.5 Å². The second kappa shape index (κ2) is 12.1. The van der Waals surface area contributed by atoms with Gasteiger partial charge in [-0.15, -0.1) is 0 Å². The van der Waals surface area contributed by atoms with Crippen molar-refractivity contribution >= 4 is 39.1 Å². The number of aryl methyl sites for hydroxylation is 1. The molecule has 5 rings (SSSR count). The first-order valence-corrected chi connectivity index (χ1v) is 15.2. The number of nitrogens with one attached hydrogen (secondary N) is 3. The van der Waals surface area contributed by atoms with E-state index in [4.69, 9.17) is 14.7 Å². The Labute approximate surface area is 232 Å². The zero-order chi connectivity index (χ0) is 27.2. The lowest BCUT2D eigenvalue weighted by Crippen LogP contribution is -2.44. The van der Waals surface area contributed by atoms with E-state index in [-0.39, 0.29) is 10.6 Å². The van der Waals surface area contributed by atoms with Gasteiger partial charge in [0, 0.05) is 42.8 Å². The Balaban J connectivity index is 1.44. The van der Waals surface area contributed by atoms with Crippen LogP contribution in [0.25, 0.3) is 0 Å². The van der Waals surface area contributed by atoms with Crippen molar-refractivity contribution < 1.29 is 13.2 Å². The summed E-state index contributed by atoms with van der Waals surface area (Å²) in [5, 5.41) is 14.4. The quantitative estimate of drug-likeness (QED) is 0.241. The fourth-order valence-electron chi connectivity index (χ4n) is 4.22. The molecule has 39 heavy (non-hydrogen) atoms. The average Bonchev–Trinajstić information content (AvgIpc) is 3.35. The first-order chi connectivity index (χ1) is 18.9. The van der Waals surface area contributed by atoms with Gasteiger partial charge >= 0.3 is 0 Å². The number of ether oxygens (including phenoxy) is 1. The second-order valence-electron chi connectivity index (χ2n) is 9.06. The number of aromatic amines is 1. The van der Waals surface area contributed by atoms with Crippen molar-refractivity contribution in [2.75, 3.05) is 43.0 Å². The standard InChI is InChI=1S/C27H31N7O3S2/c1-3-37-24-25(29-23-17-19(2)32-33-23)30-27(31-26(24)34-15-13-28-14-16-34)38-21-9-11-22(12-10-21)39(35,36)18-20-7-5-4-6-8-20/h4-12,17,28H,3,13-16,18H2,1-2H3,(H2,29,30,31,32,33). The Morgan fingerprint density at radius 1 is 1.05 bits per heavy atom. The van der Waals surface area contributed by atoms with Crippen molar-refractivity contribution in [3.05, 3.63) is 71.9 Å². The van der Waals surface area contributed by atoms with Crippen molar-refractivity contribution in [1.29, 1.82) is 0 Å². The average molecular weight is 566 g/mol. The molecule has 2 aromatic heterocycles. The number of nitrogens with zero attached hydrogens (tertiary/aromatic N) is 4. The number of anilines is 3. The molecule has 1 saturated heterocycles. The minimum atomic E-state index is -3.47. The summed E-state index contributed by atoms with van der Waals surface area (Å²) in [5.41, 5.74) is 1.68. The van der Waals surface area contributed by atoms with Crippen molar-refractivity contribution in [2.45, 2.75) is 34.5 Å². The highest BCUT2D eigenvalue weighted by Gasteiger charge is 2.24. The molecule has 0 bridgehead atoms. The molecular formula is C27H31N7O3S2. The molecule has 4 aromatic rings. The van der Waals surface area contributed by atoms with Crippen molar-refractivity contribution in [3.8, 4) is 5.75 Å². The van der Waals surface area contributed by atoms with Gasteiger partial charge < -0.3 is 20.3 Å². The molecule has 1 aliphatic rings. The van der Waals surface area contributed by atoms with Gasteiger partial charge in [-0.25, -0.2) is 18.4 Å². The monoisotopic (exact) mass is 565 g/mol. The summed E-state index contributed by atoms with van der Waals surface area (Å²) in [6.45, 7) is 7.59. The van der Waals surface area contributed by atoms with Crippen LogP contribution in [-0.4, -0.2) is 61.4 Å². The van der Waals surface area contributed by atoms with E-state index in [1.54, 1.807) is 24.3 Å². The van der Waals surface area contributed by atoms with Crippen LogP contribution < -0.4 is 20.3 Å². The first-order valence-electron chi connectivity index (χ1n) is 12.8. The van der Waals surface area contributed by atoms with E-state index in [0.29, 0.717) is 35.0 Å². The number of hydrogen-bond donors (Lipinski definition) is 3. The lowest BCUT2D eigenvalue weighted by atomic mass is 10.2. The first kappa shape index (κ1) is 27.0. The predicted molar refractivity (Wildman–Crippen MR) is 153 cm³/mol. The molecule has 2 aromatic carbocycles. The van der Waals surface area contributed by atoms with E-state index in [9.17, 15) is 8.42 Å². The maximum absolute atomic E-state index is 12.9. The maximum Gasteiger partial charge on any atom is 0.205 e. The molecule has 3 N–H and O–H groups in total. The Kier molecular flexibility index (Phi) is 8.34. The highest BCUT2D eigenvalue weighted by atomic mass is 32.2. The van der Waals surface area contributed by atoms with Crippen LogP contribution in [0.4, 0.5) is 17.5 Å². The van der Waals surface area contributed by atoms with Gasteiger partial charge in [0.25, 0.3) is 0 Å². The minimum Gasteiger partial charge on any atom is -0.487 e. The number of rotatable bonds is 10. The lowest BCUT2D eigenvalue weighted by Gasteiger charge is -2.30. The lowest BCUT2D eigenvalue weighted by molar-refractivity contribution is 0.338. The van der Waals surface area contributed by atoms with Gasteiger partial charge in [0.15, 0.2) is 32.4 Å². The smallest absolute Gasteiger partial charge is 0.205 e. The van der Waals surface area contributed by atoms with Gasteiger partial charge in [-0.3, -0.25) is 5.10 Å². The highest BCUT2D eigenvalue weighted by molar-refractivity contribution is 7.99. The fourth-order valence-corrected chi connectivity index (χ4v) is 6.32. The Bertz CT molecular complexity index is 1500. The number of H-pyrrole nitrogens is 1. The molecule has 12 heteroatoms. The summed E-state index contributed by atoms with van der Waals surface area (Å²) in [5.74, 6) is 2.40. The summed E-state index contributed by atoms with van der Waals surface area (Å²) in [6.07, 6.45) is 0. The normalized spacial score (nSPS) is 13.8. The minimum absolute atomic E-state index is 0.0436. The molecule has 1 fully saturated rings. The van der Waals surface area contributed by atoms with E-state index in [1.807, 2.05) is 50.2 Å². The summed E-state index contributed by atoms with van der Waals surface area (Å²) >= 11 is 1.36. The molecule has 0 unspecified atom stereocenters. The number of hydrogen-bond acceptors (Lipinski definition) is 10. The van der Waals surface area contributed by atoms with Crippen molar-refractivity contribution in [2.24, 2.45) is 0 Å². The number of aromatic nitrogens is 4. The van der Waals surface area contributed by atoms with Crippen LogP contribution in [0.1, 0.15) is 18.2 Å². The molecule has 0 radical (unpaired) electrons.